The van der Waals surface area contributed by atoms with Gasteiger partial charge in [-0.1, -0.05) is 17.7 Å². The van der Waals surface area contributed by atoms with Crippen molar-refractivity contribution in [3.8, 4) is 0 Å². The number of likely N-dealkylation sites (N-methyl/N-ethyl adjacent to an activating group) is 1. The van der Waals surface area contributed by atoms with Gasteiger partial charge in [-0.2, -0.15) is 0 Å². The molecular weight excluding hydrogens is 431 g/mol. The van der Waals surface area contributed by atoms with Gasteiger partial charge in [0.25, 0.3) is 5.91 Å². The van der Waals surface area contributed by atoms with Crippen LogP contribution in [0, 0.1) is 0 Å². The van der Waals surface area contributed by atoms with Crippen LogP contribution in [0.1, 0.15) is 65.2 Å². The summed E-state index contributed by atoms with van der Waals surface area (Å²) in [5, 5.41) is 0.421. The Morgan fingerprint density at radius 3 is 2.31 bits per heavy atom. The second-order valence-electron chi connectivity index (χ2n) is 10.6. The molecule has 2 fully saturated rings. The minimum Gasteiger partial charge on any atom is -0.444 e. The lowest BCUT2D eigenvalue weighted by Crippen LogP contribution is -2.41. The molecule has 0 bridgehead atoms. The summed E-state index contributed by atoms with van der Waals surface area (Å²) in [5.41, 5.74) is -0.321. The summed E-state index contributed by atoms with van der Waals surface area (Å²) >= 11 is 6.53. The number of rotatable bonds is 3. The second-order valence-corrected chi connectivity index (χ2v) is 11.0. The minimum atomic E-state index is -0.591. The molecule has 3 rings (SSSR count). The molecular formula is C23H34BClN2O5. The van der Waals surface area contributed by atoms with E-state index in [1.807, 2.05) is 48.5 Å². The summed E-state index contributed by atoms with van der Waals surface area (Å²) in [7, 11) is 1.16. The van der Waals surface area contributed by atoms with E-state index in [2.05, 4.69) is 0 Å². The van der Waals surface area contributed by atoms with E-state index in [4.69, 9.17) is 25.6 Å². The lowest BCUT2D eigenvalue weighted by Gasteiger charge is -2.32. The summed E-state index contributed by atoms with van der Waals surface area (Å²) in [6, 6.07) is 5.09. The molecule has 1 aromatic carbocycles. The fourth-order valence-corrected chi connectivity index (χ4v) is 4.01. The lowest BCUT2D eigenvalue weighted by molar-refractivity contribution is 0.00578. The highest BCUT2D eigenvalue weighted by Crippen LogP contribution is 2.37. The van der Waals surface area contributed by atoms with Gasteiger partial charge < -0.3 is 23.8 Å². The largest absolute Gasteiger partial charge is 0.496 e. The van der Waals surface area contributed by atoms with E-state index >= 15 is 0 Å². The zero-order valence-corrected chi connectivity index (χ0v) is 21.1. The first-order chi connectivity index (χ1) is 14.6. The van der Waals surface area contributed by atoms with Crippen molar-refractivity contribution in [3.05, 3.63) is 28.8 Å². The Bertz CT molecular complexity index is 883. The van der Waals surface area contributed by atoms with Crippen LogP contribution in [-0.4, -0.2) is 71.9 Å². The first kappa shape index (κ1) is 24.9. The summed E-state index contributed by atoms with van der Waals surface area (Å²) in [5.74, 6) is -0.150. The van der Waals surface area contributed by atoms with Gasteiger partial charge in [-0.05, 0) is 67.0 Å². The van der Waals surface area contributed by atoms with Crippen molar-refractivity contribution in [1.82, 2.24) is 9.80 Å². The van der Waals surface area contributed by atoms with Gasteiger partial charge in [-0.25, -0.2) is 4.79 Å². The van der Waals surface area contributed by atoms with Gasteiger partial charge in [-0.3, -0.25) is 4.79 Å². The zero-order valence-electron chi connectivity index (χ0n) is 20.3. The van der Waals surface area contributed by atoms with Gasteiger partial charge in [0.15, 0.2) is 0 Å². The van der Waals surface area contributed by atoms with Crippen molar-refractivity contribution in [3.63, 3.8) is 0 Å². The van der Waals surface area contributed by atoms with Crippen molar-refractivity contribution in [2.75, 3.05) is 20.1 Å². The molecule has 1 atom stereocenters. The molecule has 0 spiro atoms. The molecule has 9 heteroatoms. The first-order valence-electron chi connectivity index (χ1n) is 11.0. The van der Waals surface area contributed by atoms with Crippen LogP contribution in [0.5, 0.6) is 0 Å². The number of carbonyl (C=O) groups excluding carboxylic acids is 2. The summed E-state index contributed by atoms with van der Waals surface area (Å²) in [4.78, 5) is 28.7. The van der Waals surface area contributed by atoms with E-state index in [0.717, 1.165) is 0 Å². The van der Waals surface area contributed by atoms with E-state index in [1.165, 1.54) is 0 Å². The maximum atomic E-state index is 13.1. The molecule has 2 heterocycles. The second kappa shape index (κ2) is 8.54. The first-order valence-corrected chi connectivity index (χ1v) is 11.4. The van der Waals surface area contributed by atoms with Crippen molar-refractivity contribution in [2.45, 2.75) is 77.7 Å². The van der Waals surface area contributed by atoms with Gasteiger partial charge >= 0.3 is 13.2 Å². The molecule has 32 heavy (non-hydrogen) atoms. The third kappa shape index (κ3) is 5.08. The number of halogens is 1. The van der Waals surface area contributed by atoms with Gasteiger partial charge in [0, 0.05) is 36.2 Å². The van der Waals surface area contributed by atoms with Gasteiger partial charge in [0.2, 0.25) is 0 Å². The van der Waals surface area contributed by atoms with Crippen LogP contribution in [-0.2, 0) is 14.0 Å². The van der Waals surface area contributed by atoms with E-state index in [-0.39, 0.29) is 18.0 Å². The average molecular weight is 465 g/mol. The molecule has 0 N–H and O–H groups in total. The molecule has 2 aliphatic heterocycles. The predicted molar refractivity (Wildman–Crippen MR) is 125 cm³/mol. The number of likely N-dealkylation sites (tertiary alicyclic amines) is 1. The number of amides is 2. The van der Waals surface area contributed by atoms with Gasteiger partial charge in [0.05, 0.1) is 17.2 Å². The van der Waals surface area contributed by atoms with E-state index in [1.54, 1.807) is 35.0 Å². The van der Waals surface area contributed by atoms with Crippen LogP contribution in [0.2, 0.25) is 5.02 Å². The molecule has 176 valence electrons. The molecule has 1 aromatic rings. The fraction of sp³-hybridized carbons (Fsp3) is 0.652. The maximum absolute atomic E-state index is 13.1. The molecule has 7 nitrogen and oxygen atoms in total. The van der Waals surface area contributed by atoms with Crippen LogP contribution in [0.4, 0.5) is 4.79 Å². The van der Waals surface area contributed by atoms with Crippen LogP contribution in [0.3, 0.4) is 0 Å². The smallest absolute Gasteiger partial charge is 0.444 e. The summed E-state index contributed by atoms with van der Waals surface area (Å²) in [6.45, 7) is 14.4. The molecule has 0 aromatic heterocycles. The Morgan fingerprint density at radius 1 is 1.19 bits per heavy atom. The van der Waals surface area contributed by atoms with Crippen LogP contribution < -0.4 is 5.46 Å². The van der Waals surface area contributed by atoms with E-state index in [0.29, 0.717) is 35.6 Å². The molecule has 2 saturated heterocycles. The standard InChI is InChI=1S/C23H34BClN2O5/c1-21(2,3)30-20(29)27-12-11-16(14-27)26(8)19(28)15-9-10-17(18(25)13-15)24-31-22(4,5)23(6,7)32-24/h9-10,13,16H,11-12,14H2,1-8H3/t16-/m0/s1. The highest BCUT2D eigenvalue weighted by Gasteiger charge is 2.52. The van der Waals surface area contributed by atoms with Crippen molar-refractivity contribution < 1.29 is 23.6 Å². The quantitative estimate of drug-likeness (QED) is 0.638. The SMILES string of the molecule is CN(C(=O)c1ccc(B2OC(C)(C)C(C)(C)O2)c(Cl)c1)[C@H]1CCN(C(=O)OC(C)(C)C)C1. The topological polar surface area (TPSA) is 68.3 Å². The van der Waals surface area contributed by atoms with Crippen LogP contribution >= 0.6 is 11.6 Å². The molecule has 0 saturated carbocycles. The van der Waals surface area contributed by atoms with E-state index < -0.39 is 23.9 Å². The molecule has 2 aliphatic rings. The molecule has 0 aliphatic carbocycles. The third-order valence-electron chi connectivity index (χ3n) is 6.44. The van der Waals surface area contributed by atoms with Crippen molar-refractivity contribution >= 4 is 36.2 Å². The molecule has 0 radical (unpaired) electrons. The lowest BCUT2D eigenvalue weighted by atomic mass is 9.78. The molecule has 2 amide bonds. The Morgan fingerprint density at radius 2 is 1.78 bits per heavy atom. The van der Waals surface area contributed by atoms with Crippen molar-refractivity contribution in [1.29, 1.82) is 0 Å². The Balaban J connectivity index is 1.67. The highest BCUT2D eigenvalue weighted by molar-refractivity contribution is 6.65. The van der Waals surface area contributed by atoms with Gasteiger partial charge in [0.1, 0.15) is 5.60 Å². The Kier molecular flexibility index (Phi) is 6.64. The Labute approximate surface area is 196 Å². The number of hydrogen-bond acceptors (Lipinski definition) is 5. The monoisotopic (exact) mass is 464 g/mol. The summed E-state index contributed by atoms with van der Waals surface area (Å²) < 4.78 is 17.6. The number of benzene rings is 1. The predicted octanol–water partition coefficient (Wildman–Crippen LogP) is 3.72. The molecule has 0 unspecified atom stereocenters. The normalized spacial score (nSPS) is 22.2. The zero-order chi connectivity index (χ0) is 24.1. The highest BCUT2D eigenvalue weighted by atomic mass is 35.5. The fourth-order valence-electron chi connectivity index (χ4n) is 3.74. The maximum Gasteiger partial charge on any atom is 0.496 e. The minimum absolute atomic E-state index is 0.0865. The van der Waals surface area contributed by atoms with Gasteiger partial charge in [-0.15, -0.1) is 0 Å². The van der Waals surface area contributed by atoms with Crippen LogP contribution in [0.25, 0.3) is 0 Å². The number of hydrogen-bond donors (Lipinski definition) is 0. The Hall–Kier alpha value is -1.77. The third-order valence-corrected chi connectivity index (χ3v) is 6.77. The number of nitrogens with zero attached hydrogens (tertiary/aromatic N) is 2. The van der Waals surface area contributed by atoms with Crippen LogP contribution in [0.15, 0.2) is 18.2 Å². The average Bonchev–Trinajstić information content (AvgIpc) is 3.22. The summed E-state index contributed by atoms with van der Waals surface area (Å²) in [6.07, 6.45) is 0.344. The number of carbonyl (C=O) groups is 2. The number of ether oxygens (including phenoxy) is 1. The van der Waals surface area contributed by atoms with E-state index in [9.17, 15) is 9.59 Å². The van der Waals surface area contributed by atoms with Crippen molar-refractivity contribution in [2.24, 2.45) is 0 Å².